The van der Waals surface area contributed by atoms with Gasteiger partial charge in [-0.1, -0.05) is 24.3 Å². The third kappa shape index (κ3) is 5.40. The molecule has 9 nitrogen and oxygen atoms in total. The molecule has 1 aromatic heterocycles. The van der Waals surface area contributed by atoms with Crippen LogP contribution in [-0.2, 0) is 14.3 Å². The SMILES string of the molecule is COC(=O)[C@@H](C)NC(=O)[C@H]1CN(C(=O)Nc2ccccc2)CCN1C(=O)c1cccs1. The van der Waals surface area contributed by atoms with Crippen LogP contribution in [0.25, 0.3) is 0 Å². The Kier molecular flexibility index (Phi) is 7.24. The van der Waals surface area contributed by atoms with Gasteiger partial charge in [-0.2, -0.15) is 0 Å². The molecule has 1 aromatic carbocycles. The number of amides is 4. The molecule has 0 saturated carbocycles. The number of carbonyl (C=O) groups is 4. The van der Waals surface area contributed by atoms with E-state index in [1.165, 1.54) is 35.2 Å². The van der Waals surface area contributed by atoms with Crippen LogP contribution < -0.4 is 10.6 Å². The minimum Gasteiger partial charge on any atom is -0.467 e. The molecule has 2 atom stereocenters. The molecule has 10 heteroatoms. The third-order valence-electron chi connectivity index (χ3n) is 4.90. The lowest BCUT2D eigenvalue weighted by Gasteiger charge is -2.40. The molecular weight excluding hydrogens is 420 g/mol. The Bertz CT molecular complexity index is 935. The average Bonchev–Trinajstić information content (AvgIpc) is 3.33. The lowest BCUT2D eigenvalue weighted by molar-refractivity contribution is -0.145. The van der Waals surface area contributed by atoms with Crippen LogP contribution >= 0.6 is 11.3 Å². The first kappa shape index (κ1) is 22.3. The van der Waals surface area contributed by atoms with Gasteiger partial charge in [-0.25, -0.2) is 9.59 Å². The van der Waals surface area contributed by atoms with E-state index < -0.39 is 24.0 Å². The number of nitrogens with one attached hydrogen (secondary N) is 2. The van der Waals surface area contributed by atoms with Crippen molar-refractivity contribution in [2.24, 2.45) is 0 Å². The molecule has 1 aliphatic heterocycles. The highest BCUT2D eigenvalue weighted by Gasteiger charge is 2.38. The van der Waals surface area contributed by atoms with Crippen molar-refractivity contribution < 1.29 is 23.9 Å². The second kappa shape index (κ2) is 10.1. The van der Waals surface area contributed by atoms with Gasteiger partial charge >= 0.3 is 12.0 Å². The summed E-state index contributed by atoms with van der Waals surface area (Å²) < 4.78 is 4.65. The van der Waals surface area contributed by atoms with Crippen LogP contribution in [0, 0.1) is 0 Å². The van der Waals surface area contributed by atoms with E-state index in [-0.39, 0.29) is 31.6 Å². The molecule has 0 bridgehead atoms. The summed E-state index contributed by atoms with van der Waals surface area (Å²) in [6.45, 7) is 1.95. The molecule has 1 fully saturated rings. The predicted molar refractivity (Wildman–Crippen MR) is 116 cm³/mol. The maximum atomic E-state index is 13.0. The summed E-state index contributed by atoms with van der Waals surface area (Å²) in [5, 5.41) is 7.15. The highest BCUT2D eigenvalue weighted by molar-refractivity contribution is 7.12. The summed E-state index contributed by atoms with van der Waals surface area (Å²) in [6.07, 6.45) is 0. The van der Waals surface area contributed by atoms with Gasteiger partial charge in [-0.05, 0) is 30.5 Å². The van der Waals surface area contributed by atoms with Crippen LogP contribution in [0.3, 0.4) is 0 Å². The summed E-state index contributed by atoms with van der Waals surface area (Å²) in [7, 11) is 1.23. The molecule has 0 unspecified atom stereocenters. The van der Waals surface area contributed by atoms with Crippen LogP contribution in [0.4, 0.5) is 10.5 Å². The molecule has 31 heavy (non-hydrogen) atoms. The third-order valence-corrected chi connectivity index (χ3v) is 5.76. The summed E-state index contributed by atoms with van der Waals surface area (Å²) in [4.78, 5) is 53.8. The number of ether oxygens (including phenoxy) is 1. The van der Waals surface area contributed by atoms with Crippen molar-refractivity contribution in [2.45, 2.75) is 19.0 Å². The molecule has 1 saturated heterocycles. The number of urea groups is 1. The van der Waals surface area contributed by atoms with Gasteiger partial charge in [0.1, 0.15) is 12.1 Å². The van der Waals surface area contributed by atoms with E-state index in [9.17, 15) is 19.2 Å². The molecule has 4 amide bonds. The monoisotopic (exact) mass is 444 g/mol. The largest absolute Gasteiger partial charge is 0.467 e. The number of thiophene rings is 1. The van der Waals surface area contributed by atoms with Crippen molar-refractivity contribution in [1.29, 1.82) is 0 Å². The normalized spacial score (nSPS) is 16.9. The van der Waals surface area contributed by atoms with E-state index in [0.29, 0.717) is 10.6 Å². The number of rotatable bonds is 5. The van der Waals surface area contributed by atoms with Gasteiger partial charge in [-0.15, -0.1) is 11.3 Å². The maximum Gasteiger partial charge on any atom is 0.328 e. The maximum absolute atomic E-state index is 13.0. The molecular formula is C21H24N4O5S. The van der Waals surface area contributed by atoms with Crippen molar-refractivity contribution in [3.8, 4) is 0 Å². The number of methoxy groups -OCH3 is 1. The minimum atomic E-state index is -0.947. The van der Waals surface area contributed by atoms with Gasteiger partial charge in [-0.3, -0.25) is 9.59 Å². The van der Waals surface area contributed by atoms with E-state index in [4.69, 9.17) is 0 Å². The molecule has 1 aliphatic rings. The molecule has 0 radical (unpaired) electrons. The first-order chi connectivity index (χ1) is 14.9. The number of hydrogen-bond acceptors (Lipinski definition) is 6. The molecule has 2 aromatic rings. The van der Waals surface area contributed by atoms with Crippen molar-refractivity contribution >= 4 is 40.8 Å². The smallest absolute Gasteiger partial charge is 0.328 e. The molecule has 0 spiro atoms. The first-order valence-electron chi connectivity index (χ1n) is 9.74. The Morgan fingerprint density at radius 2 is 1.84 bits per heavy atom. The topological polar surface area (TPSA) is 108 Å². The Balaban J connectivity index is 1.76. The number of carbonyl (C=O) groups excluding carboxylic acids is 4. The molecule has 3 rings (SSSR count). The molecule has 164 valence electrons. The fourth-order valence-electron chi connectivity index (χ4n) is 3.25. The van der Waals surface area contributed by atoms with E-state index in [0.717, 1.165) is 0 Å². The van der Waals surface area contributed by atoms with Crippen molar-refractivity contribution in [3.05, 3.63) is 52.7 Å². The minimum absolute atomic E-state index is 0.00446. The van der Waals surface area contributed by atoms with E-state index >= 15 is 0 Å². The van der Waals surface area contributed by atoms with Gasteiger partial charge in [0.05, 0.1) is 18.5 Å². The van der Waals surface area contributed by atoms with E-state index in [1.54, 1.807) is 41.8 Å². The average molecular weight is 445 g/mol. The number of nitrogens with zero attached hydrogens (tertiary/aromatic N) is 2. The highest BCUT2D eigenvalue weighted by atomic mass is 32.1. The van der Waals surface area contributed by atoms with Gasteiger partial charge in [0, 0.05) is 18.8 Å². The number of anilines is 1. The zero-order chi connectivity index (χ0) is 22.4. The van der Waals surface area contributed by atoms with Gasteiger partial charge < -0.3 is 25.2 Å². The van der Waals surface area contributed by atoms with E-state index in [1.807, 2.05) is 6.07 Å². The lowest BCUT2D eigenvalue weighted by Crippen LogP contribution is -2.63. The second-order valence-corrected chi connectivity index (χ2v) is 7.93. The number of benzene rings is 1. The van der Waals surface area contributed by atoms with E-state index in [2.05, 4.69) is 15.4 Å². The van der Waals surface area contributed by atoms with Crippen LogP contribution in [0.15, 0.2) is 47.8 Å². The van der Waals surface area contributed by atoms with Crippen LogP contribution in [-0.4, -0.2) is 72.4 Å². The first-order valence-corrected chi connectivity index (χ1v) is 10.6. The Morgan fingerprint density at radius 1 is 1.10 bits per heavy atom. The molecule has 0 aliphatic carbocycles. The molecule has 2 N–H and O–H groups in total. The summed E-state index contributed by atoms with van der Waals surface area (Å²) in [5.41, 5.74) is 0.630. The van der Waals surface area contributed by atoms with Crippen LogP contribution in [0.5, 0.6) is 0 Å². The summed E-state index contributed by atoms with van der Waals surface area (Å²) in [5.74, 6) is -1.41. The number of hydrogen-bond donors (Lipinski definition) is 2. The Hall–Kier alpha value is -3.40. The van der Waals surface area contributed by atoms with Gasteiger partial charge in [0.25, 0.3) is 5.91 Å². The number of para-hydroxylation sites is 1. The Labute approximate surface area is 184 Å². The van der Waals surface area contributed by atoms with Crippen molar-refractivity contribution in [2.75, 3.05) is 32.1 Å². The summed E-state index contributed by atoms with van der Waals surface area (Å²) >= 11 is 1.28. The molecule has 2 heterocycles. The standard InChI is InChI=1S/C21H24N4O5S/c1-14(20(28)30-2)22-18(26)16-13-24(21(29)23-15-7-4-3-5-8-15)10-11-25(16)19(27)17-9-6-12-31-17/h3-9,12,14,16H,10-11,13H2,1-2H3,(H,22,26)(H,23,29)/t14-,16-/m1/s1. The quantitative estimate of drug-likeness (QED) is 0.684. The second-order valence-electron chi connectivity index (χ2n) is 6.99. The zero-order valence-corrected chi connectivity index (χ0v) is 18.1. The van der Waals surface area contributed by atoms with Gasteiger partial charge in [0.15, 0.2) is 0 Å². The van der Waals surface area contributed by atoms with Crippen LogP contribution in [0.2, 0.25) is 0 Å². The lowest BCUT2D eigenvalue weighted by atomic mass is 10.1. The predicted octanol–water partition coefficient (Wildman–Crippen LogP) is 1.78. The van der Waals surface area contributed by atoms with Gasteiger partial charge in [0.2, 0.25) is 5.91 Å². The fraction of sp³-hybridized carbons (Fsp3) is 0.333. The van der Waals surface area contributed by atoms with Crippen molar-refractivity contribution in [1.82, 2.24) is 15.1 Å². The fourth-order valence-corrected chi connectivity index (χ4v) is 3.92. The summed E-state index contributed by atoms with van der Waals surface area (Å²) in [6, 6.07) is 10.2. The number of esters is 1. The number of piperazine rings is 1. The Morgan fingerprint density at radius 3 is 2.48 bits per heavy atom. The zero-order valence-electron chi connectivity index (χ0n) is 17.2. The van der Waals surface area contributed by atoms with Crippen LogP contribution in [0.1, 0.15) is 16.6 Å². The van der Waals surface area contributed by atoms with Crippen molar-refractivity contribution in [3.63, 3.8) is 0 Å². The highest BCUT2D eigenvalue weighted by Crippen LogP contribution is 2.19.